The maximum Gasteiger partial charge on any atom is 0.416 e. The second-order valence-electron chi connectivity index (χ2n) is 4.97. The molecule has 102 valence electrons. The second kappa shape index (κ2) is 4.80. The van der Waals surface area contributed by atoms with Crippen LogP contribution < -0.4 is 4.74 Å². The van der Waals surface area contributed by atoms with E-state index in [1.54, 1.807) is 13.8 Å². The van der Waals surface area contributed by atoms with E-state index in [1.807, 2.05) is 0 Å². The number of hydrogen-bond donors (Lipinski definition) is 1. The third-order valence-electron chi connectivity index (χ3n) is 2.31. The molecule has 0 aliphatic rings. The highest BCUT2D eigenvalue weighted by Gasteiger charge is 2.33. The van der Waals surface area contributed by atoms with Crippen molar-refractivity contribution in [2.45, 2.75) is 45.6 Å². The van der Waals surface area contributed by atoms with Crippen LogP contribution in [-0.4, -0.2) is 11.2 Å². The topological polar surface area (TPSA) is 29.5 Å². The summed E-state index contributed by atoms with van der Waals surface area (Å²) in [4.78, 5) is 0. The minimum absolute atomic E-state index is 0.108. The van der Waals surface area contributed by atoms with Crippen molar-refractivity contribution in [1.82, 2.24) is 0 Å². The average Bonchev–Trinajstić information content (AvgIpc) is 2.13. The summed E-state index contributed by atoms with van der Waals surface area (Å²) in [7, 11) is 0. The van der Waals surface area contributed by atoms with Crippen LogP contribution in [0.4, 0.5) is 13.2 Å². The summed E-state index contributed by atoms with van der Waals surface area (Å²) < 4.78 is 43.5. The van der Waals surface area contributed by atoms with Crippen molar-refractivity contribution in [3.05, 3.63) is 29.3 Å². The number of hydrogen-bond acceptors (Lipinski definition) is 2. The van der Waals surface area contributed by atoms with E-state index < -0.39 is 17.3 Å². The molecule has 0 unspecified atom stereocenters. The number of halogens is 3. The van der Waals surface area contributed by atoms with E-state index in [0.29, 0.717) is 0 Å². The van der Waals surface area contributed by atoms with Crippen LogP contribution >= 0.6 is 0 Å². The summed E-state index contributed by atoms with van der Waals surface area (Å²) in [6.07, 6.45) is -4.70. The van der Waals surface area contributed by atoms with E-state index in [1.165, 1.54) is 19.9 Å². The summed E-state index contributed by atoms with van der Waals surface area (Å²) >= 11 is 0. The second-order valence-corrected chi connectivity index (χ2v) is 4.97. The molecular formula is C13H17F3O2. The van der Waals surface area contributed by atoms with Gasteiger partial charge in [-0.05, 0) is 51.5 Å². The predicted octanol–water partition coefficient (Wildman–Crippen LogP) is 3.72. The molecule has 1 aromatic carbocycles. The Balaban J connectivity index is 3.29. The Morgan fingerprint density at radius 3 is 1.94 bits per heavy atom. The van der Waals surface area contributed by atoms with Crippen LogP contribution in [-0.2, 0) is 11.8 Å². The Morgan fingerprint density at radius 1 is 1.06 bits per heavy atom. The fourth-order valence-electron chi connectivity index (χ4n) is 1.46. The first-order valence-electron chi connectivity index (χ1n) is 5.62. The van der Waals surface area contributed by atoms with Crippen molar-refractivity contribution in [3.63, 3.8) is 0 Å². The molecule has 1 N–H and O–H groups in total. The molecule has 0 saturated carbocycles. The summed E-state index contributed by atoms with van der Waals surface area (Å²) in [5.41, 5.74) is -2.00. The molecule has 0 aromatic heterocycles. The van der Waals surface area contributed by atoms with E-state index >= 15 is 0 Å². The number of ether oxygens (including phenoxy) is 1. The lowest BCUT2D eigenvalue weighted by Crippen LogP contribution is -2.18. The SMILES string of the molecule is CC(C)Oc1cc(C(C)(C)O)cc(C(F)(F)F)c1. The molecule has 18 heavy (non-hydrogen) atoms. The first-order chi connectivity index (χ1) is 8.00. The number of alkyl halides is 3. The van der Waals surface area contributed by atoms with Crippen LogP contribution in [0.2, 0.25) is 0 Å². The minimum atomic E-state index is -4.46. The Kier molecular flexibility index (Phi) is 3.96. The van der Waals surface area contributed by atoms with Gasteiger partial charge in [-0.2, -0.15) is 13.2 Å². The van der Waals surface area contributed by atoms with Crippen molar-refractivity contribution >= 4 is 0 Å². The molecular weight excluding hydrogens is 245 g/mol. The van der Waals surface area contributed by atoms with E-state index in [4.69, 9.17) is 4.74 Å². The molecule has 0 aliphatic carbocycles. The van der Waals surface area contributed by atoms with Gasteiger partial charge in [0.05, 0.1) is 17.3 Å². The molecule has 2 nitrogen and oxygen atoms in total. The normalized spacial score (nSPS) is 12.9. The van der Waals surface area contributed by atoms with E-state index in [0.717, 1.165) is 12.1 Å². The smallest absolute Gasteiger partial charge is 0.416 e. The highest BCUT2D eigenvalue weighted by molar-refractivity contribution is 5.38. The van der Waals surface area contributed by atoms with Gasteiger partial charge < -0.3 is 9.84 Å². The molecule has 1 aromatic rings. The molecule has 0 amide bonds. The summed E-state index contributed by atoms with van der Waals surface area (Å²) in [5, 5.41) is 9.81. The molecule has 0 saturated heterocycles. The van der Waals surface area contributed by atoms with Gasteiger partial charge in [-0.15, -0.1) is 0 Å². The van der Waals surface area contributed by atoms with Crippen molar-refractivity contribution in [2.75, 3.05) is 0 Å². The Morgan fingerprint density at radius 2 is 1.56 bits per heavy atom. The zero-order chi connectivity index (χ0) is 14.1. The van der Waals surface area contributed by atoms with E-state index in [2.05, 4.69) is 0 Å². The highest BCUT2D eigenvalue weighted by Crippen LogP contribution is 2.35. The number of benzene rings is 1. The van der Waals surface area contributed by atoms with Crippen LogP contribution in [0, 0.1) is 0 Å². The zero-order valence-electron chi connectivity index (χ0n) is 10.8. The first-order valence-corrected chi connectivity index (χ1v) is 5.62. The van der Waals surface area contributed by atoms with Gasteiger partial charge in [0, 0.05) is 0 Å². The number of rotatable bonds is 3. The van der Waals surface area contributed by atoms with Crippen molar-refractivity contribution in [3.8, 4) is 5.75 Å². The molecule has 0 radical (unpaired) electrons. The van der Waals surface area contributed by atoms with Crippen LogP contribution in [0.15, 0.2) is 18.2 Å². The largest absolute Gasteiger partial charge is 0.491 e. The minimum Gasteiger partial charge on any atom is -0.491 e. The molecule has 0 atom stereocenters. The Hall–Kier alpha value is -1.23. The van der Waals surface area contributed by atoms with Gasteiger partial charge in [0.15, 0.2) is 0 Å². The van der Waals surface area contributed by atoms with E-state index in [9.17, 15) is 18.3 Å². The fourth-order valence-corrected chi connectivity index (χ4v) is 1.46. The quantitative estimate of drug-likeness (QED) is 0.899. The monoisotopic (exact) mass is 262 g/mol. The van der Waals surface area contributed by atoms with Crippen molar-refractivity contribution in [1.29, 1.82) is 0 Å². The third-order valence-corrected chi connectivity index (χ3v) is 2.31. The lowest BCUT2D eigenvalue weighted by atomic mass is 9.96. The third kappa shape index (κ3) is 3.91. The maximum absolute atomic E-state index is 12.7. The van der Waals surface area contributed by atoms with E-state index in [-0.39, 0.29) is 17.4 Å². The van der Waals surface area contributed by atoms with Crippen LogP contribution in [0.3, 0.4) is 0 Å². The maximum atomic E-state index is 12.7. The molecule has 5 heteroatoms. The molecule has 1 rings (SSSR count). The molecule has 0 fully saturated rings. The molecule has 0 bridgehead atoms. The Bertz CT molecular complexity index is 385. The van der Waals surface area contributed by atoms with Crippen LogP contribution in [0.5, 0.6) is 5.75 Å². The van der Waals surface area contributed by atoms with Crippen molar-refractivity contribution < 1.29 is 23.0 Å². The van der Waals surface area contributed by atoms with Crippen LogP contribution in [0.25, 0.3) is 0 Å². The van der Waals surface area contributed by atoms with Gasteiger partial charge in [0.1, 0.15) is 5.75 Å². The lowest BCUT2D eigenvalue weighted by Gasteiger charge is -2.21. The van der Waals surface area contributed by atoms with Gasteiger partial charge in [0.25, 0.3) is 0 Å². The van der Waals surface area contributed by atoms with Crippen LogP contribution in [0.1, 0.15) is 38.8 Å². The Labute approximate surface area is 104 Å². The lowest BCUT2D eigenvalue weighted by molar-refractivity contribution is -0.137. The van der Waals surface area contributed by atoms with Gasteiger partial charge >= 0.3 is 6.18 Å². The van der Waals surface area contributed by atoms with Gasteiger partial charge in [0.2, 0.25) is 0 Å². The fraction of sp³-hybridized carbons (Fsp3) is 0.538. The summed E-state index contributed by atoms with van der Waals surface area (Å²) in [5.74, 6) is 0.108. The molecule has 0 heterocycles. The van der Waals surface area contributed by atoms with Gasteiger partial charge in [-0.3, -0.25) is 0 Å². The highest BCUT2D eigenvalue weighted by atomic mass is 19.4. The van der Waals surface area contributed by atoms with Gasteiger partial charge in [-0.25, -0.2) is 0 Å². The first kappa shape index (κ1) is 14.8. The molecule has 0 spiro atoms. The average molecular weight is 262 g/mol. The summed E-state index contributed by atoms with van der Waals surface area (Å²) in [6.45, 7) is 6.32. The molecule has 0 aliphatic heterocycles. The standard InChI is InChI=1S/C13H17F3O2/c1-8(2)18-11-6-9(12(3,4)17)5-10(7-11)13(14,15)16/h5-8,17H,1-4H3. The van der Waals surface area contributed by atoms with Crippen molar-refractivity contribution in [2.24, 2.45) is 0 Å². The number of aliphatic hydroxyl groups is 1. The summed E-state index contributed by atoms with van der Waals surface area (Å²) in [6, 6.07) is 3.30. The zero-order valence-corrected chi connectivity index (χ0v) is 10.8. The predicted molar refractivity (Wildman–Crippen MR) is 62.5 cm³/mol. The van der Waals surface area contributed by atoms with Gasteiger partial charge in [-0.1, -0.05) is 0 Å².